The van der Waals surface area contributed by atoms with Gasteiger partial charge in [-0.3, -0.25) is 0 Å². The average Bonchev–Trinajstić information content (AvgIpc) is 2.74. The molecule has 0 saturated carbocycles. The molecule has 0 unspecified atom stereocenters. The SMILES string of the molecule is ON=Cc1ccc(-n2cncn2)cc1Cl. The van der Waals surface area contributed by atoms with Gasteiger partial charge in [-0.25, -0.2) is 9.67 Å². The molecule has 76 valence electrons. The molecule has 0 spiro atoms. The molecule has 0 fully saturated rings. The summed E-state index contributed by atoms with van der Waals surface area (Å²) in [7, 11) is 0. The number of hydrogen-bond donors (Lipinski definition) is 1. The fourth-order valence-electron chi connectivity index (χ4n) is 1.17. The predicted octanol–water partition coefficient (Wildman–Crippen LogP) is 1.73. The van der Waals surface area contributed by atoms with Gasteiger partial charge in [-0.05, 0) is 18.2 Å². The van der Waals surface area contributed by atoms with Crippen molar-refractivity contribution in [1.82, 2.24) is 14.8 Å². The second-order valence-electron chi connectivity index (χ2n) is 2.79. The van der Waals surface area contributed by atoms with E-state index in [9.17, 15) is 0 Å². The summed E-state index contributed by atoms with van der Waals surface area (Å²) in [5.74, 6) is 0. The molecule has 0 saturated heterocycles. The van der Waals surface area contributed by atoms with Crippen molar-refractivity contribution in [2.45, 2.75) is 0 Å². The van der Waals surface area contributed by atoms with E-state index in [1.54, 1.807) is 29.2 Å². The standard InChI is InChI=1S/C9H7ClN4O/c10-9-3-8(14-6-11-5-12-14)2-1-7(9)4-13-15/h1-6,15H. The summed E-state index contributed by atoms with van der Waals surface area (Å²) in [6.07, 6.45) is 4.29. The Kier molecular flexibility index (Phi) is 2.64. The highest BCUT2D eigenvalue weighted by molar-refractivity contribution is 6.33. The number of hydrogen-bond acceptors (Lipinski definition) is 4. The number of halogens is 1. The Bertz CT molecular complexity index is 481. The maximum absolute atomic E-state index is 8.38. The Balaban J connectivity index is 2.42. The third-order valence-electron chi connectivity index (χ3n) is 1.86. The molecule has 5 nitrogen and oxygen atoms in total. The van der Waals surface area contributed by atoms with E-state index in [4.69, 9.17) is 16.8 Å². The van der Waals surface area contributed by atoms with Crippen LogP contribution in [0.25, 0.3) is 5.69 Å². The highest BCUT2D eigenvalue weighted by atomic mass is 35.5. The fourth-order valence-corrected chi connectivity index (χ4v) is 1.39. The van der Waals surface area contributed by atoms with Gasteiger partial charge in [0.15, 0.2) is 0 Å². The molecule has 0 atom stereocenters. The zero-order chi connectivity index (χ0) is 10.7. The molecule has 0 aliphatic heterocycles. The fraction of sp³-hybridized carbons (Fsp3) is 0. The van der Waals surface area contributed by atoms with Crippen molar-refractivity contribution in [1.29, 1.82) is 0 Å². The average molecular weight is 223 g/mol. The lowest BCUT2D eigenvalue weighted by molar-refractivity contribution is 0.322. The van der Waals surface area contributed by atoms with Crippen LogP contribution in [0.5, 0.6) is 0 Å². The van der Waals surface area contributed by atoms with E-state index in [1.165, 1.54) is 12.5 Å². The highest BCUT2D eigenvalue weighted by Crippen LogP contribution is 2.18. The largest absolute Gasteiger partial charge is 0.411 e. The molecular weight excluding hydrogens is 216 g/mol. The van der Waals surface area contributed by atoms with Crippen LogP contribution in [0.15, 0.2) is 36.0 Å². The molecule has 0 amide bonds. The summed E-state index contributed by atoms with van der Waals surface area (Å²) in [4.78, 5) is 3.83. The monoisotopic (exact) mass is 222 g/mol. The van der Waals surface area contributed by atoms with E-state index >= 15 is 0 Å². The lowest BCUT2D eigenvalue weighted by Crippen LogP contribution is -1.95. The summed E-state index contributed by atoms with van der Waals surface area (Å²) < 4.78 is 1.59. The topological polar surface area (TPSA) is 63.3 Å². The van der Waals surface area contributed by atoms with E-state index in [1.807, 2.05) is 0 Å². The van der Waals surface area contributed by atoms with Gasteiger partial charge in [0.25, 0.3) is 0 Å². The van der Waals surface area contributed by atoms with Crippen molar-refractivity contribution in [3.05, 3.63) is 41.4 Å². The molecule has 0 aliphatic rings. The second-order valence-corrected chi connectivity index (χ2v) is 3.20. The van der Waals surface area contributed by atoms with Gasteiger partial charge in [0.05, 0.1) is 16.9 Å². The smallest absolute Gasteiger partial charge is 0.138 e. The first-order chi connectivity index (χ1) is 7.31. The molecule has 2 rings (SSSR count). The summed E-state index contributed by atoms with van der Waals surface area (Å²) in [6, 6.07) is 5.25. The normalized spacial score (nSPS) is 11.0. The van der Waals surface area contributed by atoms with Gasteiger partial charge in [-0.1, -0.05) is 16.8 Å². The minimum absolute atomic E-state index is 0.487. The minimum atomic E-state index is 0.487. The van der Waals surface area contributed by atoms with Crippen molar-refractivity contribution < 1.29 is 5.21 Å². The maximum atomic E-state index is 8.38. The lowest BCUT2D eigenvalue weighted by Gasteiger charge is -2.02. The first kappa shape index (κ1) is 9.67. The van der Waals surface area contributed by atoms with Crippen molar-refractivity contribution >= 4 is 17.8 Å². The van der Waals surface area contributed by atoms with E-state index in [0.717, 1.165) is 5.69 Å². The van der Waals surface area contributed by atoms with Gasteiger partial charge >= 0.3 is 0 Å². The Morgan fingerprint density at radius 2 is 2.33 bits per heavy atom. The molecule has 0 bridgehead atoms. The summed E-state index contributed by atoms with van der Waals surface area (Å²) >= 11 is 5.96. The van der Waals surface area contributed by atoms with Crippen LogP contribution in [0.1, 0.15) is 5.56 Å². The Labute approximate surface area is 90.6 Å². The molecule has 1 heterocycles. The van der Waals surface area contributed by atoms with Crippen LogP contribution in [-0.2, 0) is 0 Å². The molecule has 1 N–H and O–H groups in total. The molecular formula is C9H7ClN4O. The quantitative estimate of drug-likeness (QED) is 0.478. The van der Waals surface area contributed by atoms with Crippen molar-refractivity contribution in [3.63, 3.8) is 0 Å². The molecule has 0 radical (unpaired) electrons. The van der Waals surface area contributed by atoms with Gasteiger partial charge in [0.2, 0.25) is 0 Å². The summed E-state index contributed by atoms with van der Waals surface area (Å²) in [6.45, 7) is 0. The first-order valence-electron chi connectivity index (χ1n) is 4.13. The van der Waals surface area contributed by atoms with Crippen molar-refractivity contribution in [2.24, 2.45) is 5.16 Å². The van der Waals surface area contributed by atoms with Crippen LogP contribution in [-0.4, -0.2) is 26.2 Å². The zero-order valence-electron chi connectivity index (χ0n) is 7.58. The van der Waals surface area contributed by atoms with Crippen LogP contribution in [0.3, 0.4) is 0 Å². The van der Waals surface area contributed by atoms with Crippen LogP contribution < -0.4 is 0 Å². The van der Waals surface area contributed by atoms with Crippen LogP contribution in [0, 0.1) is 0 Å². The summed E-state index contributed by atoms with van der Waals surface area (Å²) in [5, 5.41) is 15.7. The number of nitrogens with zero attached hydrogens (tertiary/aromatic N) is 4. The molecule has 0 aliphatic carbocycles. The van der Waals surface area contributed by atoms with E-state index in [2.05, 4.69) is 15.2 Å². The van der Waals surface area contributed by atoms with Gasteiger partial charge in [0.1, 0.15) is 12.7 Å². The van der Waals surface area contributed by atoms with E-state index < -0.39 is 0 Å². The molecule has 1 aromatic carbocycles. The van der Waals surface area contributed by atoms with Gasteiger partial charge in [-0.2, -0.15) is 5.10 Å². The van der Waals surface area contributed by atoms with E-state index in [0.29, 0.717) is 10.6 Å². The third-order valence-corrected chi connectivity index (χ3v) is 2.19. The number of oxime groups is 1. The number of rotatable bonds is 2. The Morgan fingerprint density at radius 3 is 2.93 bits per heavy atom. The van der Waals surface area contributed by atoms with Crippen LogP contribution >= 0.6 is 11.6 Å². The minimum Gasteiger partial charge on any atom is -0.411 e. The van der Waals surface area contributed by atoms with Gasteiger partial charge in [0, 0.05) is 5.56 Å². The molecule has 6 heteroatoms. The predicted molar refractivity (Wildman–Crippen MR) is 55.7 cm³/mol. The van der Waals surface area contributed by atoms with Crippen LogP contribution in [0.4, 0.5) is 0 Å². The van der Waals surface area contributed by atoms with E-state index in [-0.39, 0.29) is 0 Å². The Morgan fingerprint density at radius 1 is 1.47 bits per heavy atom. The molecule has 1 aromatic heterocycles. The zero-order valence-corrected chi connectivity index (χ0v) is 8.33. The number of aromatic nitrogens is 3. The first-order valence-corrected chi connectivity index (χ1v) is 4.51. The maximum Gasteiger partial charge on any atom is 0.138 e. The molecule has 2 aromatic rings. The molecule has 15 heavy (non-hydrogen) atoms. The Hall–Kier alpha value is -1.88. The lowest BCUT2D eigenvalue weighted by atomic mass is 10.2. The third kappa shape index (κ3) is 1.97. The van der Waals surface area contributed by atoms with Crippen molar-refractivity contribution in [2.75, 3.05) is 0 Å². The number of benzene rings is 1. The van der Waals surface area contributed by atoms with Gasteiger partial charge < -0.3 is 5.21 Å². The van der Waals surface area contributed by atoms with Gasteiger partial charge in [-0.15, -0.1) is 0 Å². The van der Waals surface area contributed by atoms with Crippen LogP contribution in [0.2, 0.25) is 5.02 Å². The van der Waals surface area contributed by atoms with Crippen molar-refractivity contribution in [3.8, 4) is 5.69 Å². The second kappa shape index (κ2) is 4.10. The summed E-state index contributed by atoms with van der Waals surface area (Å²) in [5.41, 5.74) is 1.44. The highest BCUT2D eigenvalue weighted by Gasteiger charge is 2.01.